The minimum Gasteiger partial charge on any atom is -0.445 e. The van der Waals surface area contributed by atoms with Gasteiger partial charge in [-0.3, -0.25) is 0 Å². The molecule has 2 fully saturated rings. The molecule has 3 rings (SSSR count). The first-order valence-corrected chi connectivity index (χ1v) is 6.45. The van der Waals surface area contributed by atoms with Crippen LogP contribution < -0.4 is 5.32 Å². The summed E-state index contributed by atoms with van der Waals surface area (Å²) in [5.74, 6) is 0. The number of rotatable bonds is 3. The lowest BCUT2D eigenvalue weighted by Crippen LogP contribution is -2.41. The van der Waals surface area contributed by atoms with Gasteiger partial charge in [0.2, 0.25) is 0 Å². The van der Waals surface area contributed by atoms with Gasteiger partial charge in [-0.25, -0.2) is 4.79 Å². The largest absolute Gasteiger partial charge is 0.445 e. The van der Waals surface area contributed by atoms with E-state index >= 15 is 0 Å². The molecule has 2 aliphatic rings. The smallest absolute Gasteiger partial charge is 0.407 e. The van der Waals surface area contributed by atoms with E-state index in [1.165, 1.54) is 0 Å². The van der Waals surface area contributed by atoms with E-state index in [2.05, 4.69) is 5.32 Å². The van der Waals surface area contributed by atoms with E-state index in [0.29, 0.717) is 12.7 Å². The molecule has 96 valence electrons. The van der Waals surface area contributed by atoms with E-state index in [0.717, 1.165) is 24.8 Å². The Morgan fingerprint density at radius 3 is 3.00 bits per heavy atom. The maximum absolute atomic E-state index is 11.7. The summed E-state index contributed by atoms with van der Waals surface area (Å²) in [6.07, 6.45) is 3.48. The van der Waals surface area contributed by atoms with Crippen LogP contribution in [-0.2, 0) is 16.1 Å². The molecule has 1 aliphatic heterocycles. The van der Waals surface area contributed by atoms with Crippen molar-refractivity contribution in [3.63, 3.8) is 0 Å². The minimum atomic E-state index is -0.347. The molecule has 0 aromatic heterocycles. The Hall–Kier alpha value is -1.55. The maximum atomic E-state index is 11.7. The van der Waals surface area contributed by atoms with E-state index < -0.39 is 0 Å². The van der Waals surface area contributed by atoms with Crippen LogP contribution >= 0.6 is 0 Å². The molecule has 1 unspecified atom stereocenters. The highest BCUT2D eigenvalue weighted by Crippen LogP contribution is 2.36. The van der Waals surface area contributed by atoms with Crippen molar-refractivity contribution in [2.45, 2.75) is 44.1 Å². The summed E-state index contributed by atoms with van der Waals surface area (Å²) in [5, 5.41) is 2.89. The molecular formula is C14H17NO3. The van der Waals surface area contributed by atoms with Crippen LogP contribution in [0.5, 0.6) is 0 Å². The van der Waals surface area contributed by atoms with Gasteiger partial charge in [-0.15, -0.1) is 0 Å². The molecule has 0 bridgehead atoms. The van der Waals surface area contributed by atoms with E-state index in [1.807, 2.05) is 30.3 Å². The summed E-state index contributed by atoms with van der Waals surface area (Å²) in [6, 6.07) is 9.81. The molecule has 4 nitrogen and oxygen atoms in total. The first-order chi connectivity index (χ1) is 8.83. The summed E-state index contributed by atoms with van der Waals surface area (Å²) in [4.78, 5) is 11.7. The monoisotopic (exact) mass is 247 g/mol. The number of benzene rings is 1. The molecule has 1 saturated heterocycles. The quantitative estimate of drug-likeness (QED) is 0.833. The molecule has 1 N–H and O–H groups in total. The van der Waals surface area contributed by atoms with Gasteiger partial charge < -0.3 is 14.8 Å². The molecule has 3 atom stereocenters. The van der Waals surface area contributed by atoms with Gasteiger partial charge in [-0.2, -0.15) is 0 Å². The van der Waals surface area contributed by atoms with Gasteiger partial charge >= 0.3 is 6.09 Å². The Kier molecular flexibility index (Phi) is 3.19. The second kappa shape index (κ2) is 4.98. The first-order valence-electron chi connectivity index (χ1n) is 6.45. The predicted molar refractivity (Wildman–Crippen MR) is 66.1 cm³/mol. The fourth-order valence-corrected chi connectivity index (χ4v) is 2.52. The maximum Gasteiger partial charge on any atom is 0.407 e. The number of fused-ring (bicyclic) bond motifs is 1. The molecule has 1 aliphatic carbocycles. The van der Waals surface area contributed by atoms with Crippen molar-refractivity contribution in [2.24, 2.45) is 0 Å². The van der Waals surface area contributed by atoms with Gasteiger partial charge in [0.05, 0.1) is 12.1 Å². The second-order valence-corrected chi connectivity index (χ2v) is 4.88. The summed E-state index contributed by atoms with van der Waals surface area (Å²) in [5.41, 5.74) is 0.997. The molecule has 18 heavy (non-hydrogen) atoms. The van der Waals surface area contributed by atoms with Crippen molar-refractivity contribution in [1.82, 2.24) is 5.32 Å². The number of alkyl carbamates (subject to hydrolysis) is 1. The fraction of sp³-hybridized carbons (Fsp3) is 0.500. The second-order valence-electron chi connectivity index (χ2n) is 4.88. The predicted octanol–water partition coefficient (Wildman–Crippen LogP) is 2.23. The van der Waals surface area contributed by atoms with Crippen LogP contribution in [0.1, 0.15) is 24.8 Å². The molecule has 1 heterocycles. The van der Waals surface area contributed by atoms with Crippen molar-refractivity contribution in [3.8, 4) is 0 Å². The van der Waals surface area contributed by atoms with Gasteiger partial charge in [-0.1, -0.05) is 30.3 Å². The normalized spacial score (nSPS) is 29.2. The van der Waals surface area contributed by atoms with Crippen LogP contribution in [0.2, 0.25) is 0 Å². The lowest BCUT2D eigenvalue weighted by molar-refractivity contribution is 0.132. The van der Waals surface area contributed by atoms with Crippen molar-refractivity contribution in [3.05, 3.63) is 35.9 Å². The Balaban J connectivity index is 1.44. The average Bonchev–Trinajstić information content (AvgIpc) is 3.18. The number of carbonyl (C=O) groups is 1. The van der Waals surface area contributed by atoms with Crippen molar-refractivity contribution >= 4 is 6.09 Å². The van der Waals surface area contributed by atoms with Gasteiger partial charge in [0.15, 0.2) is 0 Å². The van der Waals surface area contributed by atoms with Crippen molar-refractivity contribution < 1.29 is 14.3 Å². The van der Waals surface area contributed by atoms with Crippen molar-refractivity contribution in [1.29, 1.82) is 0 Å². The molecular weight excluding hydrogens is 230 g/mol. The lowest BCUT2D eigenvalue weighted by atomic mass is 9.96. The van der Waals surface area contributed by atoms with Crippen LogP contribution in [0.25, 0.3) is 0 Å². The van der Waals surface area contributed by atoms with E-state index in [4.69, 9.17) is 9.47 Å². The Labute approximate surface area is 106 Å². The van der Waals surface area contributed by atoms with Gasteiger partial charge in [0.25, 0.3) is 0 Å². The Bertz CT molecular complexity index is 420. The summed E-state index contributed by atoms with van der Waals surface area (Å²) in [7, 11) is 0. The Morgan fingerprint density at radius 2 is 2.17 bits per heavy atom. The van der Waals surface area contributed by atoms with Gasteiger partial charge in [0.1, 0.15) is 12.7 Å². The van der Waals surface area contributed by atoms with Crippen LogP contribution in [0, 0.1) is 0 Å². The molecule has 1 saturated carbocycles. The molecule has 4 heteroatoms. The fourth-order valence-electron chi connectivity index (χ4n) is 2.52. The first kappa shape index (κ1) is 11.5. The third kappa shape index (κ3) is 2.64. The summed E-state index contributed by atoms with van der Waals surface area (Å²) < 4.78 is 10.7. The van der Waals surface area contributed by atoms with E-state index in [-0.39, 0.29) is 18.2 Å². The number of ether oxygens (including phenoxy) is 2. The highest BCUT2D eigenvalue weighted by Gasteiger charge is 2.47. The van der Waals surface area contributed by atoms with Crippen LogP contribution in [-0.4, -0.2) is 24.3 Å². The third-order valence-electron chi connectivity index (χ3n) is 3.54. The average molecular weight is 247 g/mol. The van der Waals surface area contributed by atoms with Gasteiger partial charge in [-0.05, 0) is 24.8 Å². The van der Waals surface area contributed by atoms with Crippen LogP contribution in [0.15, 0.2) is 30.3 Å². The summed E-state index contributed by atoms with van der Waals surface area (Å²) >= 11 is 0. The highest BCUT2D eigenvalue weighted by atomic mass is 16.6. The number of epoxide rings is 1. The minimum absolute atomic E-state index is 0.132. The zero-order chi connectivity index (χ0) is 12.4. The topological polar surface area (TPSA) is 50.9 Å². The molecule has 1 amide bonds. The standard InChI is InChI=1S/C14H17NO3/c16-14(17-9-10-5-2-1-3-6-10)15-11-7-4-8-12-13(11)18-12/h1-3,5-6,11-13H,4,7-9H2,(H,15,16)/t11?,12-,13+/m1/s1. The highest BCUT2D eigenvalue weighted by molar-refractivity contribution is 5.67. The van der Waals surface area contributed by atoms with Crippen LogP contribution in [0.3, 0.4) is 0 Å². The van der Waals surface area contributed by atoms with E-state index in [1.54, 1.807) is 0 Å². The number of hydrogen-bond donors (Lipinski definition) is 1. The van der Waals surface area contributed by atoms with E-state index in [9.17, 15) is 4.79 Å². The van der Waals surface area contributed by atoms with Crippen LogP contribution in [0.4, 0.5) is 4.79 Å². The van der Waals surface area contributed by atoms with Gasteiger partial charge in [0, 0.05) is 0 Å². The number of amides is 1. The SMILES string of the molecule is O=C(NC1CCC[C@H]2O[C@@H]12)OCc1ccccc1. The number of carbonyl (C=O) groups excluding carboxylic acids is 1. The molecule has 0 radical (unpaired) electrons. The zero-order valence-corrected chi connectivity index (χ0v) is 10.2. The molecule has 1 aromatic carbocycles. The zero-order valence-electron chi connectivity index (χ0n) is 10.2. The summed E-state index contributed by atoms with van der Waals surface area (Å²) in [6.45, 7) is 0.314. The number of nitrogens with one attached hydrogen (secondary N) is 1. The van der Waals surface area contributed by atoms with Crippen molar-refractivity contribution in [2.75, 3.05) is 0 Å². The third-order valence-corrected chi connectivity index (χ3v) is 3.54. The number of hydrogen-bond acceptors (Lipinski definition) is 3. The molecule has 0 spiro atoms. The Morgan fingerprint density at radius 1 is 1.33 bits per heavy atom. The molecule has 1 aromatic rings. The lowest BCUT2D eigenvalue weighted by Gasteiger charge is -2.19.